The highest BCUT2D eigenvalue weighted by molar-refractivity contribution is 7.18. The molecule has 0 atom stereocenters. The van der Waals surface area contributed by atoms with Crippen molar-refractivity contribution >= 4 is 44.7 Å². The fraction of sp³-hybridized carbons (Fsp3) is 0.222. The number of hydrogen-bond donors (Lipinski definition) is 2. The fourth-order valence-electron chi connectivity index (χ4n) is 2.41. The number of nitrogens with zero attached hydrogens (tertiary/aromatic N) is 1. The van der Waals surface area contributed by atoms with Gasteiger partial charge in [-0.3, -0.25) is 4.79 Å². The SMILES string of the molecule is O=C(CCCCc1nc2ccccc2s1)Nc1cc(Cl)ccc1O. The Morgan fingerprint density at radius 1 is 1.21 bits per heavy atom. The quantitative estimate of drug-likeness (QED) is 0.480. The van der Waals surface area contributed by atoms with Crippen LogP contribution in [0.1, 0.15) is 24.3 Å². The van der Waals surface area contributed by atoms with Gasteiger partial charge in [0.25, 0.3) is 0 Å². The molecule has 0 aliphatic rings. The molecule has 0 unspecified atom stereocenters. The number of phenolic OH excluding ortho intramolecular Hbond substituents is 1. The van der Waals surface area contributed by atoms with Crippen molar-refractivity contribution < 1.29 is 9.90 Å². The van der Waals surface area contributed by atoms with Gasteiger partial charge >= 0.3 is 0 Å². The number of amides is 1. The second-order valence-electron chi connectivity index (χ2n) is 5.49. The van der Waals surface area contributed by atoms with Gasteiger partial charge in [-0.1, -0.05) is 23.7 Å². The summed E-state index contributed by atoms with van der Waals surface area (Å²) < 4.78 is 1.20. The van der Waals surface area contributed by atoms with Crippen molar-refractivity contribution in [2.75, 3.05) is 5.32 Å². The highest BCUT2D eigenvalue weighted by Crippen LogP contribution is 2.27. The minimum Gasteiger partial charge on any atom is -0.506 e. The third-order valence-corrected chi connectivity index (χ3v) is 4.95. The molecule has 0 fully saturated rings. The van der Waals surface area contributed by atoms with E-state index >= 15 is 0 Å². The summed E-state index contributed by atoms with van der Waals surface area (Å²) in [7, 11) is 0. The first-order chi connectivity index (χ1) is 11.6. The van der Waals surface area contributed by atoms with E-state index in [2.05, 4.69) is 16.4 Å². The van der Waals surface area contributed by atoms with Gasteiger partial charge in [0, 0.05) is 11.4 Å². The Labute approximate surface area is 149 Å². The zero-order valence-electron chi connectivity index (χ0n) is 13.0. The first-order valence-electron chi connectivity index (χ1n) is 7.74. The van der Waals surface area contributed by atoms with Crippen LogP contribution in [0.25, 0.3) is 10.2 Å². The van der Waals surface area contributed by atoms with Gasteiger partial charge in [0.15, 0.2) is 0 Å². The van der Waals surface area contributed by atoms with E-state index in [4.69, 9.17) is 11.6 Å². The normalized spacial score (nSPS) is 10.9. The number of anilines is 1. The van der Waals surface area contributed by atoms with Gasteiger partial charge in [0.05, 0.1) is 20.9 Å². The van der Waals surface area contributed by atoms with Gasteiger partial charge < -0.3 is 10.4 Å². The van der Waals surface area contributed by atoms with E-state index in [0.29, 0.717) is 17.1 Å². The number of thiazole rings is 1. The lowest BCUT2D eigenvalue weighted by atomic mass is 10.2. The molecule has 0 saturated carbocycles. The van der Waals surface area contributed by atoms with E-state index < -0.39 is 0 Å². The number of rotatable bonds is 6. The molecule has 0 aliphatic carbocycles. The van der Waals surface area contributed by atoms with Gasteiger partial charge in [-0.15, -0.1) is 11.3 Å². The monoisotopic (exact) mass is 360 g/mol. The smallest absolute Gasteiger partial charge is 0.224 e. The molecule has 6 heteroatoms. The maximum Gasteiger partial charge on any atom is 0.224 e. The summed E-state index contributed by atoms with van der Waals surface area (Å²) in [5.74, 6) is -0.112. The molecule has 2 aromatic carbocycles. The lowest BCUT2D eigenvalue weighted by Gasteiger charge is -2.07. The number of aromatic nitrogens is 1. The Balaban J connectivity index is 1.46. The number of halogens is 1. The first kappa shape index (κ1) is 16.7. The van der Waals surface area contributed by atoms with E-state index in [1.807, 2.05) is 18.2 Å². The van der Waals surface area contributed by atoms with Crippen LogP contribution in [0.4, 0.5) is 5.69 Å². The molecule has 1 aromatic heterocycles. The molecular weight excluding hydrogens is 344 g/mol. The van der Waals surface area contributed by atoms with Crippen molar-refractivity contribution in [3.05, 3.63) is 52.5 Å². The standard InChI is InChI=1S/C18H17ClN2O2S/c19-12-9-10-15(22)14(11-12)20-17(23)7-3-4-8-18-21-13-5-1-2-6-16(13)24-18/h1-2,5-6,9-11,22H,3-4,7-8H2,(H,20,23). The topological polar surface area (TPSA) is 62.2 Å². The zero-order valence-corrected chi connectivity index (χ0v) is 14.5. The minimum absolute atomic E-state index is 0.0159. The third kappa shape index (κ3) is 4.24. The van der Waals surface area contributed by atoms with E-state index in [9.17, 15) is 9.90 Å². The molecule has 4 nitrogen and oxygen atoms in total. The highest BCUT2D eigenvalue weighted by atomic mass is 35.5. The molecule has 2 N–H and O–H groups in total. The second-order valence-corrected chi connectivity index (χ2v) is 7.04. The number of nitrogens with one attached hydrogen (secondary N) is 1. The third-order valence-electron chi connectivity index (χ3n) is 3.62. The summed E-state index contributed by atoms with van der Waals surface area (Å²) in [5.41, 5.74) is 1.38. The summed E-state index contributed by atoms with van der Waals surface area (Å²) in [6.45, 7) is 0. The highest BCUT2D eigenvalue weighted by Gasteiger charge is 2.08. The number of carbonyl (C=O) groups is 1. The van der Waals surface area contributed by atoms with Crippen LogP contribution < -0.4 is 5.32 Å². The van der Waals surface area contributed by atoms with Crippen molar-refractivity contribution in [2.24, 2.45) is 0 Å². The predicted molar refractivity (Wildman–Crippen MR) is 98.9 cm³/mol. The molecule has 3 rings (SSSR count). The van der Waals surface area contributed by atoms with Crippen molar-refractivity contribution in [1.82, 2.24) is 4.98 Å². The number of fused-ring (bicyclic) bond motifs is 1. The van der Waals surface area contributed by atoms with Crippen LogP contribution in [-0.4, -0.2) is 16.0 Å². The summed E-state index contributed by atoms with van der Waals surface area (Å²) in [4.78, 5) is 16.5. The van der Waals surface area contributed by atoms with Crippen LogP contribution in [0.15, 0.2) is 42.5 Å². The number of benzene rings is 2. The predicted octanol–water partition coefficient (Wildman–Crippen LogP) is 5.01. The van der Waals surface area contributed by atoms with Crippen LogP contribution >= 0.6 is 22.9 Å². The number of hydrogen-bond acceptors (Lipinski definition) is 4. The van der Waals surface area contributed by atoms with Crippen LogP contribution in [0.3, 0.4) is 0 Å². The summed E-state index contributed by atoms with van der Waals surface area (Å²) in [6, 6.07) is 12.7. The molecule has 0 bridgehead atoms. The lowest BCUT2D eigenvalue weighted by Crippen LogP contribution is -2.11. The van der Waals surface area contributed by atoms with Gasteiger partial charge in [-0.2, -0.15) is 0 Å². The van der Waals surface area contributed by atoms with Crippen molar-refractivity contribution in [3.8, 4) is 5.75 Å². The lowest BCUT2D eigenvalue weighted by molar-refractivity contribution is -0.116. The summed E-state index contributed by atoms with van der Waals surface area (Å²) >= 11 is 7.56. The summed E-state index contributed by atoms with van der Waals surface area (Å²) in [6.07, 6.45) is 2.93. The van der Waals surface area contributed by atoms with E-state index in [1.54, 1.807) is 17.4 Å². The van der Waals surface area contributed by atoms with Crippen LogP contribution in [-0.2, 0) is 11.2 Å². The van der Waals surface area contributed by atoms with E-state index in [0.717, 1.165) is 29.8 Å². The molecule has 0 radical (unpaired) electrons. The van der Waals surface area contributed by atoms with Crippen LogP contribution in [0, 0.1) is 0 Å². The second kappa shape index (κ2) is 7.64. The van der Waals surface area contributed by atoms with Gasteiger partial charge in [-0.25, -0.2) is 4.98 Å². The number of para-hydroxylation sites is 1. The Hall–Kier alpha value is -2.11. The molecule has 24 heavy (non-hydrogen) atoms. The van der Waals surface area contributed by atoms with Gasteiger partial charge in [-0.05, 0) is 49.6 Å². The van der Waals surface area contributed by atoms with Crippen molar-refractivity contribution in [3.63, 3.8) is 0 Å². The molecule has 3 aromatic rings. The Morgan fingerprint density at radius 3 is 2.88 bits per heavy atom. The Bertz CT molecular complexity index is 830. The van der Waals surface area contributed by atoms with E-state index in [1.165, 1.54) is 16.8 Å². The zero-order chi connectivity index (χ0) is 16.9. The molecule has 1 amide bonds. The summed E-state index contributed by atoms with van der Waals surface area (Å²) in [5, 5.41) is 14.0. The van der Waals surface area contributed by atoms with Gasteiger partial charge in [0.2, 0.25) is 5.91 Å². The number of phenols is 1. The average Bonchev–Trinajstić information content (AvgIpc) is 2.98. The molecule has 124 valence electrons. The van der Waals surface area contributed by atoms with Crippen molar-refractivity contribution in [1.29, 1.82) is 0 Å². The molecule has 1 heterocycles. The molecule has 0 spiro atoms. The number of aromatic hydroxyl groups is 1. The molecule has 0 aliphatic heterocycles. The molecule has 0 saturated heterocycles. The maximum atomic E-state index is 11.9. The maximum absolute atomic E-state index is 11.9. The van der Waals surface area contributed by atoms with Crippen LogP contribution in [0.2, 0.25) is 5.02 Å². The van der Waals surface area contributed by atoms with Gasteiger partial charge in [0.1, 0.15) is 5.75 Å². The first-order valence-corrected chi connectivity index (χ1v) is 8.94. The van der Waals surface area contributed by atoms with E-state index in [-0.39, 0.29) is 11.7 Å². The average molecular weight is 361 g/mol. The minimum atomic E-state index is -0.128. The van der Waals surface area contributed by atoms with Crippen molar-refractivity contribution in [2.45, 2.75) is 25.7 Å². The Kier molecular flexibility index (Phi) is 5.33. The Morgan fingerprint density at radius 2 is 2.04 bits per heavy atom. The number of unbranched alkanes of at least 4 members (excludes halogenated alkanes) is 1. The molecular formula is C18H17ClN2O2S. The largest absolute Gasteiger partial charge is 0.506 e. The fourth-order valence-corrected chi connectivity index (χ4v) is 3.59. The number of carbonyl (C=O) groups excluding carboxylic acids is 1. The number of aryl methyl sites for hydroxylation is 1. The van der Waals surface area contributed by atoms with Crippen LogP contribution in [0.5, 0.6) is 5.75 Å².